The van der Waals surface area contributed by atoms with Gasteiger partial charge in [-0.3, -0.25) is 9.48 Å². The number of ketones is 1. The second-order valence-corrected chi connectivity index (χ2v) is 6.11. The summed E-state index contributed by atoms with van der Waals surface area (Å²) in [6.07, 6.45) is 2.07. The summed E-state index contributed by atoms with van der Waals surface area (Å²) >= 11 is 6.06. The second-order valence-electron chi connectivity index (χ2n) is 5.72. The summed E-state index contributed by atoms with van der Waals surface area (Å²) in [4.78, 5) is 15.7. The average molecular weight is 308 g/mol. The van der Waals surface area contributed by atoms with Crippen LogP contribution >= 0.6 is 11.6 Å². The van der Waals surface area contributed by atoms with Crippen LogP contribution in [0.25, 0.3) is 10.9 Å². The van der Waals surface area contributed by atoms with Crippen molar-refractivity contribution in [1.82, 2.24) is 14.8 Å². The molecule has 6 heteroatoms. The molecule has 0 spiro atoms. The lowest BCUT2D eigenvalue weighted by molar-refractivity contribution is -0.117. The van der Waals surface area contributed by atoms with E-state index in [1.54, 1.807) is 10.7 Å². The molecule has 2 aromatic heterocycles. The zero-order valence-electron chi connectivity index (χ0n) is 12.4. The normalized spacial score (nSPS) is 20.2. The van der Waals surface area contributed by atoms with Crippen LogP contribution in [0.5, 0.6) is 5.88 Å². The summed E-state index contributed by atoms with van der Waals surface area (Å²) in [5.41, 5.74) is 1.76. The predicted molar refractivity (Wildman–Crippen MR) is 80.7 cm³/mol. The second kappa shape index (κ2) is 5.30. The van der Waals surface area contributed by atoms with Crippen molar-refractivity contribution in [2.45, 2.75) is 39.2 Å². The van der Waals surface area contributed by atoms with Gasteiger partial charge in [0.2, 0.25) is 5.88 Å². The van der Waals surface area contributed by atoms with Crippen molar-refractivity contribution in [2.24, 2.45) is 13.0 Å². The number of rotatable bonds is 3. The summed E-state index contributed by atoms with van der Waals surface area (Å²) in [5, 5.41) is 5.66. The minimum absolute atomic E-state index is 0.0646. The van der Waals surface area contributed by atoms with Crippen molar-refractivity contribution >= 4 is 28.3 Å². The molecule has 1 aliphatic rings. The number of halogens is 1. The minimum atomic E-state index is -0.0646. The Morgan fingerprint density at radius 2 is 2.29 bits per heavy atom. The maximum absolute atomic E-state index is 11.4. The van der Waals surface area contributed by atoms with E-state index in [2.05, 4.69) is 10.1 Å². The fourth-order valence-corrected chi connectivity index (χ4v) is 3.08. The molecule has 0 N–H and O–H groups in total. The van der Waals surface area contributed by atoms with E-state index in [4.69, 9.17) is 16.3 Å². The monoisotopic (exact) mass is 307 g/mol. The van der Waals surface area contributed by atoms with E-state index in [1.165, 1.54) is 0 Å². The molecule has 1 saturated carbocycles. The Balaban J connectivity index is 1.94. The molecular formula is C15H18ClN3O2. The Hall–Kier alpha value is -1.62. The zero-order chi connectivity index (χ0) is 15.1. The number of carbonyl (C=O) groups excluding carboxylic acids is 1. The first-order valence-electron chi connectivity index (χ1n) is 7.14. The third-order valence-electron chi connectivity index (χ3n) is 4.28. The van der Waals surface area contributed by atoms with Crippen molar-refractivity contribution in [3.05, 3.63) is 16.9 Å². The largest absolute Gasteiger partial charge is 0.474 e. The molecule has 0 amide bonds. The molecule has 5 nitrogen and oxygen atoms in total. The smallest absolute Gasteiger partial charge is 0.226 e. The lowest BCUT2D eigenvalue weighted by Crippen LogP contribution is -2.22. The maximum atomic E-state index is 11.4. The zero-order valence-corrected chi connectivity index (χ0v) is 13.1. The fraction of sp³-hybridized carbons (Fsp3) is 0.533. The highest BCUT2D eigenvalue weighted by Crippen LogP contribution is 2.32. The Morgan fingerprint density at radius 3 is 2.95 bits per heavy atom. The van der Waals surface area contributed by atoms with E-state index in [1.807, 2.05) is 20.9 Å². The van der Waals surface area contributed by atoms with Crippen LogP contribution in [0, 0.1) is 12.8 Å². The van der Waals surface area contributed by atoms with Gasteiger partial charge in [0.15, 0.2) is 0 Å². The van der Waals surface area contributed by atoms with Gasteiger partial charge >= 0.3 is 0 Å². The molecule has 0 unspecified atom stereocenters. The lowest BCUT2D eigenvalue weighted by Gasteiger charge is -2.20. The van der Waals surface area contributed by atoms with Crippen molar-refractivity contribution in [1.29, 1.82) is 0 Å². The molecule has 2 heterocycles. The van der Waals surface area contributed by atoms with E-state index in [-0.39, 0.29) is 12.0 Å². The third-order valence-corrected chi connectivity index (χ3v) is 4.48. The van der Waals surface area contributed by atoms with Gasteiger partial charge in [-0.1, -0.05) is 11.6 Å². The van der Waals surface area contributed by atoms with Gasteiger partial charge in [-0.05, 0) is 20.3 Å². The van der Waals surface area contributed by atoms with Crippen molar-refractivity contribution < 1.29 is 9.53 Å². The maximum Gasteiger partial charge on any atom is 0.226 e. The SMILES string of the molecule is Cc1c2c(O[C@H](C)[C@H]3CCC(=O)C3)nc(Cl)cc2nn1C. The molecule has 1 fully saturated rings. The molecule has 0 bridgehead atoms. The quantitative estimate of drug-likeness (QED) is 0.818. The van der Waals surface area contributed by atoms with Crippen LogP contribution in [-0.2, 0) is 11.8 Å². The van der Waals surface area contributed by atoms with Gasteiger partial charge in [0.25, 0.3) is 0 Å². The number of fused-ring (bicyclic) bond motifs is 1. The molecular weight excluding hydrogens is 290 g/mol. The molecule has 0 aliphatic heterocycles. The number of ether oxygens (including phenoxy) is 1. The molecule has 1 aliphatic carbocycles. The Kier molecular flexibility index (Phi) is 3.61. The summed E-state index contributed by atoms with van der Waals surface area (Å²) in [7, 11) is 1.88. The molecule has 2 aromatic rings. The lowest BCUT2D eigenvalue weighted by atomic mass is 10.0. The molecule has 0 saturated heterocycles. The number of aryl methyl sites for hydroxylation is 2. The van der Waals surface area contributed by atoms with E-state index in [0.717, 1.165) is 23.0 Å². The van der Waals surface area contributed by atoms with Crippen LogP contribution in [0.15, 0.2) is 6.07 Å². The fourth-order valence-electron chi connectivity index (χ4n) is 2.90. The number of carbonyl (C=O) groups is 1. The summed E-state index contributed by atoms with van der Waals surface area (Å²) < 4.78 is 7.82. The number of hydrogen-bond donors (Lipinski definition) is 0. The predicted octanol–water partition coefficient (Wildman–Crippen LogP) is 3.07. The van der Waals surface area contributed by atoms with Gasteiger partial charge in [0.05, 0.1) is 5.39 Å². The van der Waals surface area contributed by atoms with Crippen molar-refractivity contribution in [3.63, 3.8) is 0 Å². The molecule has 3 rings (SSSR count). The van der Waals surface area contributed by atoms with Crippen molar-refractivity contribution in [3.8, 4) is 5.88 Å². The Labute approximate surface area is 128 Å². The van der Waals surface area contributed by atoms with Gasteiger partial charge in [0.1, 0.15) is 22.6 Å². The van der Waals surface area contributed by atoms with E-state index in [9.17, 15) is 4.79 Å². The van der Waals surface area contributed by atoms with Crippen LogP contribution in [0.1, 0.15) is 31.9 Å². The topological polar surface area (TPSA) is 57.0 Å². The van der Waals surface area contributed by atoms with E-state index in [0.29, 0.717) is 29.7 Å². The molecule has 112 valence electrons. The van der Waals surface area contributed by atoms with Crippen molar-refractivity contribution in [2.75, 3.05) is 0 Å². The number of Topliss-reactive ketones (excluding diaryl/α,β-unsaturated/α-hetero) is 1. The number of hydrogen-bond acceptors (Lipinski definition) is 4. The number of aromatic nitrogens is 3. The van der Waals surface area contributed by atoms with E-state index < -0.39 is 0 Å². The first-order valence-corrected chi connectivity index (χ1v) is 7.51. The van der Waals surface area contributed by atoms with Crippen LogP contribution in [0.2, 0.25) is 5.15 Å². The highest BCUT2D eigenvalue weighted by Gasteiger charge is 2.29. The molecule has 2 atom stereocenters. The first-order chi connectivity index (χ1) is 9.95. The van der Waals surface area contributed by atoms with Gasteiger partial charge in [-0.2, -0.15) is 5.10 Å². The highest BCUT2D eigenvalue weighted by molar-refractivity contribution is 6.30. The molecule has 21 heavy (non-hydrogen) atoms. The van der Waals surface area contributed by atoms with Gasteiger partial charge in [-0.15, -0.1) is 0 Å². The first kappa shape index (κ1) is 14.3. The van der Waals surface area contributed by atoms with Crippen LogP contribution < -0.4 is 4.74 Å². The van der Waals surface area contributed by atoms with Gasteiger partial charge in [0, 0.05) is 37.6 Å². The Morgan fingerprint density at radius 1 is 1.52 bits per heavy atom. The van der Waals surface area contributed by atoms with Crippen LogP contribution in [0.4, 0.5) is 0 Å². The average Bonchev–Trinajstić information content (AvgIpc) is 2.95. The summed E-state index contributed by atoms with van der Waals surface area (Å²) in [6, 6.07) is 1.74. The van der Waals surface area contributed by atoms with Crippen LogP contribution in [-0.4, -0.2) is 26.7 Å². The number of nitrogens with zero attached hydrogens (tertiary/aromatic N) is 3. The Bertz CT molecular complexity index is 710. The molecule has 0 radical (unpaired) electrons. The summed E-state index contributed by atoms with van der Waals surface area (Å²) in [6.45, 7) is 3.96. The summed E-state index contributed by atoms with van der Waals surface area (Å²) in [5.74, 6) is 1.08. The third kappa shape index (κ3) is 2.62. The minimum Gasteiger partial charge on any atom is -0.474 e. The number of pyridine rings is 1. The van der Waals surface area contributed by atoms with Crippen LogP contribution in [0.3, 0.4) is 0 Å². The van der Waals surface area contributed by atoms with E-state index >= 15 is 0 Å². The molecule has 0 aromatic carbocycles. The standard InChI is InChI=1S/C15H18ClN3O2/c1-8-14-12(18-19(8)3)7-13(16)17-15(14)21-9(2)10-4-5-11(20)6-10/h7,9-10H,4-6H2,1-3H3/t9-,10+/m1/s1. The van der Waals surface area contributed by atoms with Gasteiger partial charge < -0.3 is 4.74 Å². The van der Waals surface area contributed by atoms with Gasteiger partial charge in [-0.25, -0.2) is 4.98 Å². The highest BCUT2D eigenvalue weighted by atomic mass is 35.5.